The number of alkyl halides is 3. The van der Waals surface area contributed by atoms with E-state index in [1.54, 1.807) is 6.07 Å². The lowest BCUT2D eigenvalue weighted by molar-refractivity contribution is 0.151. The fourth-order valence-electron chi connectivity index (χ4n) is 2.13. The van der Waals surface area contributed by atoms with E-state index in [9.17, 15) is 13.2 Å². The van der Waals surface area contributed by atoms with Crippen molar-refractivity contribution in [2.24, 2.45) is 0 Å². The molecule has 0 spiro atoms. The third kappa shape index (κ3) is 6.71. The maximum absolute atomic E-state index is 12.5. The number of halogens is 3. The van der Waals surface area contributed by atoms with Gasteiger partial charge in [-0.1, -0.05) is 6.07 Å². The van der Waals surface area contributed by atoms with Crippen LogP contribution in [0.15, 0.2) is 18.2 Å². The van der Waals surface area contributed by atoms with E-state index in [-0.39, 0.29) is 5.56 Å². The zero-order valence-electron chi connectivity index (χ0n) is 13.0. The molecule has 122 valence electrons. The first-order valence-electron chi connectivity index (χ1n) is 6.99. The Hall–Kier alpha value is -1.43. The standard InChI is InChI=1S/C12H16F2N2.C2H7N.CH3F/c13-12(14)9-4-5-11(10(15)8-9)16-6-2-1-3-7-16;1-3-2;1-2/h4-5,8,12H,1-3,6-7,15H2;3H,1-2H3;1H3. The second-order valence-electron chi connectivity index (χ2n) is 4.67. The van der Waals surface area contributed by atoms with E-state index in [1.807, 2.05) is 14.1 Å². The molecule has 0 aromatic heterocycles. The van der Waals surface area contributed by atoms with Gasteiger partial charge in [-0.25, -0.2) is 8.78 Å². The minimum atomic E-state index is -2.45. The molecule has 0 saturated carbocycles. The zero-order valence-corrected chi connectivity index (χ0v) is 13.0. The molecule has 2 rings (SSSR count). The molecule has 0 bridgehead atoms. The van der Waals surface area contributed by atoms with Gasteiger partial charge in [0.15, 0.2) is 0 Å². The first kappa shape index (κ1) is 19.6. The van der Waals surface area contributed by atoms with Crippen LogP contribution >= 0.6 is 0 Å². The third-order valence-electron chi connectivity index (χ3n) is 3.00. The molecule has 3 N–H and O–H groups in total. The van der Waals surface area contributed by atoms with Crippen molar-refractivity contribution in [2.75, 3.05) is 45.0 Å². The summed E-state index contributed by atoms with van der Waals surface area (Å²) < 4.78 is 34.4. The van der Waals surface area contributed by atoms with Crippen LogP contribution in [0.5, 0.6) is 0 Å². The quantitative estimate of drug-likeness (QED) is 0.820. The highest BCUT2D eigenvalue weighted by atomic mass is 19.3. The van der Waals surface area contributed by atoms with Gasteiger partial charge in [0.1, 0.15) is 0 Å². The van der Waals surface area contributed by atoms with Crippen LogP contribution in [0, 0.1) is 0 Å². The summed E-state index contributed by atoms with van der Waals surface area (Å²) in [6.45, 7) is 1.94. The number of nitrogens with zero attached hydrogens (tertiary/aromatic N) is 1. The molecule has 0 atom stereocenters. The number of rotatable bonds is 2. The number of hydrogen-bond acceptors (Lipinski definition) is 3. The van der Waals surface area contributed by atoms with E-state index in [0.29, 0.717) is 12.9 Å². The molecule has 1 aliphatic rings. The number of nitrogens with two attached hydrogens (primary N) is 1. The summed E-state index contributed by atoms with van der Waals surface area (Å²) in [6, 6.07) is 4.56. The molecule has 3 nitrogen and oxygen atoms in total. The van der Waals surface area contributed by atoms with Crippen molar-refractivity contribution < 1.29 is 13.2 Å². The molecule has 0 amide bonds. The van der Waals surface area contributed by atoms with Crippen LogP contribution in [0.3, 0.4) is 0 Å². The first-order chi connectivity index (χ1) is 10.1. The van der Waals surface area contributed by atoms with E-state index in [1.165, 1.54) is 18.6 Å². The van der Waals surface area contributed by atoms with Gasteiger partial charge in [0.2, 0.25) is 0 Å². The summed E-state index contributed by atoms with van der Waals surface area (Å²) >= 11 is 0. The molecule has 1 saturated heterocycles. The predicted molar refractivity (Wildman–Crippen MR) is 83.9 cm³/mol. The molecular formula is C15H26F3N3. The molecule has 21 heavy (non-hydrogen) atoms. The van der Waals surface area contributed by atoms with Gasteiger partial charge in [0.25, 0.3) is 6.43 Å². The Morgan fingerprint density at radius 3 is 2.05 bits per heavy atom. The van der Waals surface area contributed by atoms with Gasteiger partial charge < -0.3 is 16.0 Å². The molecule has 0 unspecified atom stereocenters. The van der Waals surface area contributed by atoms with Crippen molar-refractivity contribution in [3.8, 4) is 0 Å². The Balaban J connectivity index is 0.000000713. The Morgan fingerprint density at radius 1 is 1.10 bits per heavy atom. The minimum Gasteiger partial charge on any atom is -0.397 e. The van der Waals surface area contributed by atoms with Crippen molar-refractivity contribution in [1.82, 2.24) is 5.32 Å². The molecule has 1 fully saturated rings. The monoisotopic (exact) mass is 305 g/mol. The van der Waals surface area contributed by atoms with Gasteiger partial charge in [-0.05, 0) is 45.5 Å². The van der Waals surface area contributed by atoms with Crippen molar-refractivity contribution in [1.29, 1.82) is 0 Å². The van der Waals surface area contributed by atoms with Gasteiger partial charge in [-0.15, -0.1) is 0 Å². The molecule has 0 aliphatic carbocycles. The fraction of sp³-hybridized carbons (Fsp3) is 0.600. The molecule has 1 aliphatic heterocycles. The van der Waals surface area contributed by atoms with Crippen LogP contribution in [0.25, 0.3) is 0 Å². The van der Waals surface area contributed by atoms with E-state index in [0.717, 1.165) is 31.6 Å². The van der Waals surface area contributed by atoms with Gasteiger partial charge in [0.05, 0.1) is 18.6 Å². The van der Waals surface area contributed by atoms with Crippen molar-refractivity contribution in [3.05, 3.63) is 23.8 Å². The highest BCUT2D eigenvalue weighted by Gasteiger charge is 2.15. The lowest BCUT2D eigenvalue weighted by Crippen LogP contribution is -2.30. The Bertz CT molecular complexity index is 380. The number of nitrogen functional groups attached to an aromatic ring is 1. The molecule has 6 heteroatoms. The summed E-state index contributed by atoms with van der Waals surface area (Å²) in [5.41, 5.74) is 7.16. The number of benzene rings is 1. The van der Waals surface area contributed by atoms with E-state index in [2.05, 4.69) is 10.2 Å². The lowest BCUT2D eigenvalue weighted by atomic mass is 10.1. The average molecular weight is 305 g/mol. The number of hydrogen-bond donors (Lipinski definition) is 2. The molecule has 0 radical (unpaired) electrons. The summed E-state index contributed by atoms with van der Waals surface area (Å²) in [6.07, 6.45) is 1.09. The largest absolute Gasteiger partial charge is 0.397 e. The van der Waals surface area contributed by atoms with E-state index >= 15 is 0 Å². The smallest absolute Gasteiger partial charge is 0.263 e. The summed E-state index contributed by atoms with van der Waals surface area (Å²) in [5.74, 6) is 0. The highest BCUT2D eigenvalue weighted by molar-refractivity contribution is 5.68. The van der Waals surface area contributed by atoms with Crippen LogP contribution in [-0.4, -0.2) is 34.4 Å². The highest BCUT2D eigenvalue weighted by Crippen LogP contribution is 2.30. The number of anilines is 2. The average Bonchev–Trinajstić information content (AvgIpc) is 2.51. The van der Waals surface area contributed by atoms with Gasteiger partial charge in [-0.2, -0.15) is 0 Å². The predicted octanol–water partition coefficient (Wildman–Crippen LogP) is 3.62. The normalized spacial score (nSPS) is 14.0. The maximum atomic E-state index is 12.5. The summed E-state index contributed by atoms with van der Waals surface area (Å²) in [7, 11) is 4.25. The Morgan fingerprint density at radius 2 is 1.62 bits per heavy atom. The second-order valence-corrected chi connectivity index (χ2v) is 4.67. The maximum Gasteiger partial charge on any atom is 0.263 e. The van der Waals surface area contributed by atoms with Gasteiger partial charge in [-0.3, -0.25) is 4.39 Å². The Labute approximate surface area is 125 Å². The topological polar surface area (TPSA) is 41.3 Å². The van der Waals surface area contributed by atoms with E-state index < -0.39 is 6.43 Å². The van der Waals surface area contributed by atoms with Crippen molar-refractivity contribution in [2.45, 2.75) is 25.7 Å². The molecular weight excluding hydrogens is 279 g/mol. The van der Waals surface area contributed by atoms with Gasteiger partial charge >= 0.3 is 0 Å². The number of nitrogens with one attached hydrogen (secondary N) is 1. The lowest BCUT2D eigenvalue weighted by Gasteiger charge is -2.30. The van der Waals surface area contributed by atoms with Crippen LogP contribution < -0.4 is 16.0 Å². The summed E-state index contributed by atoms with van der Waals surface area (Å²) in [5, 5.41) is 2.75. The molecule has 1 aromatic rings. The van der Waals surface area contributed by atoms with Crippen LogP contribution in [0.1, 0.15) is 31.3 Å². The van der Waals surface area contributed by atoms with Crippen molar-refractivity contribution >= 4 is 11.4 Å². The minimum absolute atomic E-state index is 0.00161. The third-order valence-corrected chi connectivity index (χ3v) is 3.00. The van der Waals surface area contributed by atoms with Crippen molar-refractivity contribution in [3.63, 3.8) is 0 Å². The summed E-state index contributed by atoms with van der Waals surface area (Å²) in [4.78, 5) is 2.17. The SMILES string of the molecule is CF.CNC.Nc1cc(C(F)F)ccc1N1CCCCC1. The first-order valence-corrected chi connectivity index (χ1v) is 6.99. The zero-order chi connectivity index (χ0) is 16.3. The molecule has 1 aromatic carbocycles. The van der Waals surface area contributed by atoms with Crippen LogP contribution in [0.4, 0.5) is 24.5 Å². The Kier molecular flexibility index (Phi) is 10.5. The van der Waals surface area contributed by atoms with Gasteiger partial charge in [0, 0.05) is 18.7 Å². The van der Waals surface area contributed by atoms with Crippen LogP contribution in [0.2, 0.25) is 0 Å². The van der Waals surface area contributed by atoms with E-state index in [4.69, 9.17) is 5.73 Å². The number of piperidine rings is 1. The fourth-order valence-corrected chi connectivity index (χ4v) is 2.13. The molecule has 1 heterocycles. The van der Waals surface area contributed by atoms with Crippen LogP contribution in [-0.2, 0) is 0 Å². The second kappa shape index (κ2) is 11.3.